The fourth-order valence-corrected chi connectivity index (χ4v) is 5.18. The highest BCUT2D eigenvalue weighted by atomic mass is 16.5. The third-order valence-corrected chi connectivity index (χ3v) is 7.08. The van der Waals surface area contributed by atoms with Crippen LogP contribution in [-0.2, 0) is 13.0 Å². The largest absolute Gasteiger partial charge is 0.496 e. The van der Waals surface area contributed by atoms with Gasteiger partial charge in [0.2, 0.25) is 0 Å². The van der Waals surface area contributed by atoms with Gasteiger partial charge in [-0.15, -0.1) is 0 Å². The second kappa shape index (κ2) is 10.7. The molecule has 2 heterocycles. The summed E-state index contributed by atoms with van der Waals surface area (Å²) in [4.78, 5) is 28.4. The molecule has 1 fully saturated rings. The van der Waals surface area contributed by atoms with E-state index in [1.165, 1.54) is 5.56 Å². The molecule has 0 unspecified atom stereocenters. The van der Waals surface area contributed by atoms with Crippen LogP contribution in [0.4, 0.5) is 0 Å². The third-order valence-electron chi connectivity index (χ3n) is 7.08. The minimum atomic E-state index is -0.183. The highest BCUT2D eigenvalue weighted by Crippen LogP contribution is 2.28. The Hall–Kier alpha value is -3.34. The van der Waals surface area contributed by atoms with Crippen LogP contribution in [0.3, 0.4) is 0 Å². The fourth-order valence-electron chi connectivity index (χ4n) is 5.18. The Bertz CT molecular complexity index is 1200. The van der Waals surface area contributed by atoms with E-state index in [0.717, 1.165) is 48.4 Å². The van der Waals surface area contributed by atoms with Crippen molar-refractivity contribution in [2.24, 2.45) is 0 Å². The third kappa shape index (κ3) is 5.09. The molecule has 0 spiro atoms. The molecule has 1 atom stereocenters. The molecule has 0 saturated carbocycles. The summed E-state index contributed by atoms with van der Waals surface area (Å²) in [6, 6.07) is 20.1. The fraction of sp³-hybridized carbons (Fsp3) is 0.379. The van der Waals surface area contributed by atoms with Crippen LogP contribution in [0.2, 0.25) is 0 Å². The van der Waals surface area contributed by atoms with Gasteiger partial charge in [-0.2, -0.15) is 0 Å². The molecule has 5 nitrogen and oxygen atoms in total. The Balaban J connectivity index is 1.54. The summed E-state index contributed by atoms with van der Waals surface area (Å²) in [6.07, 6.45) is 3.68. The van der Waals surface area contributed by atoms with Crippen LogP contribution < -0.4 is 10.2 Å². The number of likely N-dealkylation sites (tertiary alicyclic amines) is 1. The van der Waals surface area contributed by atoms with Crippen molar-refractivity contribution in [3.8, 4) is 5.75 Å². The molecule has 1 amide bonds. The van der Waals surface area contributed by atoms with Crippen molar-refractivity contribution in [3.05, 3.63) is 99.0 Å². The van der Waals surface area contributed by atoms with E-state index in [-0.39, 0.29) is 11.3 Å². The van der Waals surface area contributed by atoms with Crippen molar-refractivity contribution < 1.29 is 9.53 Å². The summed E-state index contributed by atoms with van der Waals surface area (Å²) in [5, 5.41) is 0. The first-order valence-corrected chi connectivity index (χ1v) is 12.2. The molecule has 178 valence electrons. The molecule has 5 heteroatoms. The van der Waals surface area contributed by atoms with Crippen LogP contribution in [0.25, 0.3) is 0 Å². The predicted octanol–water partition coefficient (Wildman–Crippen LogP) is 5.13. The topological polar surface area (TPSA) is 51.5 Å². The number of aryl methyl sites for hydroxylation is 2. The quantitative estimate of drug-likeness (QED) is 0.515. The van der Waals surface area contributed by atoms with Crippen molar-refractivity contribution in [2.75, 3.05) is 20.2 Å². The van der Waals surface area contributed by atoms with Gasteiger partial charge in [0.1, 0.15) is 11.3 Å². The van der Waals surface area contributed by atoms with Crippen LogP contribution in [0.1, 0.15) is 58.1 Å². The average molecular weight is 459 g/mol. The van der Waals surface area contributed by atoms with Gasteiger partial charge >= 0.3 is 0 Å². The SMILES string of the molecule is COc1ccccc1CCn1c(C)cc(=O)c(C(=O)N2CCC[C@@H](c3ccccc3)CC2)c1C. The molecule has 3 aromatic rings. The number of rotatable bonds is 6. The molecule has 0 radical (unpaired) electrons. The van der Waals surface area contributed by atoms with Crippen molar-refractivity contribution in [1.82, 2.24) is 9.47 Å². The maximum Gasteiger partial charge on any atom is 0.259 e. The number of methoxy groups -OCH3 is 1. The van der Waals surface area contributed by atoms with E-state index in [9.17, 15) is 9.59 Å². The van der Waals surface area contributed by atoms with Crippen LogP contribution in [0, 0.1) is 13.8 Å². The number of hydrogen-bond acceptors (Lipinski definition) is 3. The molecule has 1 aliphatic heterocycles. The van der Waals surface area contributed by atoms with Gasteiger partial charge < -0.3 is 14.2 Å². The predicted molar refractivity (Wildman–Crippen MR) is 136 cm³/mol. The van der Waals surface area contributed by atoms with Crippen molar-refractivity contribution >= 4 is 5.91 Å². The summed E-state index contributed by atoms with van der Waals surface area (Å²) in [5.74, 6) is 1.17. The van der Waals surface area contributed by atoms with E-state index in [1.54, 1.807) is 13.2 Å². The number of benzene rings is 2. The summed E-state index contributed by atoms with van der Waals surface area (Å²) in [6.45, 7) is 5.87. The zero-order valence-corrected chi connectivity index (χ0v) is 20.4. The highest BCUT2D eigenvalue weighted by molar-refractivity contribution is 5.95. The molecule has 1 aromatic heterocycles. The molecular weight excluding hydrogens is 424 g/mol. The number of para-hydroxylation sites is 1. The molecule has 1 saturated heterocycles. The van der Waals surface area contributed by atoms with E-state index >= 15 is 0 Å². The molecule has 2 aromatic carbocycles. The lowest BCUT2D eigenvalue weighted by molar-refractivity contribution is 0.0758. The second-order valence-electron chi connectivity index (χ2n) is 9.15. The number of hydrogen-bond donors (Lipinski definition) is 0. The number of amides is 1. The summed E-state index contributed by atoms with van der Waals surface area (Å²) in [7, 11) is 1.68. The van der Waals surface area contributed by atoms with Gasteiger partial charge in [0.25, 0.3) is 5.91 Å². The van der Waals surface area contributed by atoms with Crippen molar-refractivity contribution in [3.63, 3.8) is 0 Å². The lowest BCUT2D eigenvalue weighted by Gasteiger charge is -2.24. The minimum absolute atomic E-state index is 0.137. The van der Waals surface area contributed by atoms with E-state index < -0.39 is 0 Å². The van der Waals surface area contributed by atoms with Crippen LogP contribution in [0.5, 0.6) is 5.75 Å². The molecule has 0 bridgehead atoms. The van der Waals surface area contributed by atoms with Crippen LogP contribution in [0.15, 0.2) is 65.5 Å². The Morgan fingerprint density at radius 2 is 1.74 bits per heavy atom. The zero-order chi connectivity index (χ0) is 24.1. The van der Waals surface area contributed by atoms with Gasteiger partial charge in [0, 0.05) is 37.1 Å². The number of carbonyl (C=O) groups is 1. The first kappa shape index (κ1) is 23.8. The number of carbonyl (C=O) groups excluding carboxylic acids is 1. The van der Waals surface area contributed by atoms with Gasteiger partial charge in [-0.05, 0) is 62.6 Å². The van der Waals surface area contributed by atoms with E-state index in [1.807, 2.05) is 43.0 Å². The van der Waals surface area contributed by atoms with E-state index in [0.29, 0.717) is 31.1 Å². The van der Waals surface area contributed by atoms with E-state index in [2.05, 4.69) is 34.9 Å². The van der Waals surface area contributed by atoms with Gasteiger partial charge in [0.15, 0.2) is 5.43 Å². The Morgan fingerprint density at radius 1 is 1.00 bits per heavy atom. The van der Waals surface area contributed by atoms with Gasteiger partial charge in [-0.3, -0.25) is 9.59 Å². The molecule has 4 rings (SSSR count). The minimum Gasteiger partial charge on any atom is -0.496 e. The average Bonchev–Trinajstić information content (AvgIpc) is 3.11. The molecule has 0 N–H and O–H groups in total. The summed E-state index contributed by atoms with van der Waals surface area (Å²) in [5.41, 5.74) is 4.18. The molecular formula is C29H34N2O3. The van der Waals surface area contributed by atoms with E-state index in [4.69, 9.17) is 4.74 Å². The smallest absolute Gasteiger partial charge is 0.259 e. The number of nitrogens with zero attached hydrogens (tertiary/aromatic N) is 2. The first-order valence-electron chi connectivity index (χ1n) is 12.2. The standard InChI is InChI=1S/C29H34N2O3/c1-21-20-26(32)28(22(2)31(21)19-16-25-12-7-8-14-27(25)34-3)29(33)30-17-9-13-24(15-18-30)23-10-5-4-6-11-23/h4-8,10-12,14,20,24H,9,13,15-19H2,1-3H3/t24-/m1/s1. The number of pyridine rings is 1. The second-order valence-corrected chi connectivity index (χ2v) is 9.15. The lowest BCUT2D eigenvalue weighted by Crippen LogP contribution is -2.37. The van der Waals surface area contributed by atoms with Crippen molar-refractivity contribution in [1.29, 1.82) is 0 Å². The summed E-state index contributed by atoms with van der Waals surface area (Å²) < 4.78 is 7.58. The number of aromatic nitrogens is 1. The van der Waals surface area contributed by atoms with Gasteiger partial charge in [-0.25, -0.2) is 0 Å². The molecule has 0 aliphatic carbocycles. The van der Waals surface area contributed by atoms with Crippen molar-refractivity contribution in [2.45, 2.75) is 52.0 Å². The molecule has 1 aliphatic rings. The van der Waals surface area contributed by atoms with Crippen LogP contribution >= 0.6 is 0 Å². The normalized spacial score (nSPS) is 16.2. The monoisotopic (exact) mass is 458 g/mol. The summed E-state index contributed by atoms with van der Waals surface area (Å²) >= 11 is 0. The first-order chi connectivity index (χ1) is 16.5. The van der Waals surface area contributed by atoms with Gasteiger partial charge in [-0.1, -0.05) is 48.5 Å². The van der Waals surface area contributed by atoms with Gasteiger partial charge in [0.05, 0.1) is 7.11 Å². The number of ether oxygens (including phenoxy) is 1. The Kier molecular flexibility index (Phi) is 7.51. The van der Waals surface area contributed by atoms with Crippen LogP contribution in [-0.4, -0.2) is 35.6 Å². The Labute approximate surface area is 202 Å². The lowest BCUT2D eigenvalue weighted by atomic mass is 9.92. The Morgan fingerprint density at radius 3 is 2.50 bits per heavy atom. The maximum atomic E-state index is 13.6. The highest BCUT2D eigenvalue weighted by Gasteiger charge is 2.26. The maximum absolute atomic E-state index is 13.6. The molecule has 34 heavy (non-hydrogen) atoms. The zero-order valence-electron chi connectivity index (χ0n) is 20.4.